The Labute approximate surface area is 205 Å². The monoisotopic (exact) mass is 492 g/mol. The Morgan fingerprint density at radius 1 is 1.11 bits per heavy atom. The normalized spacial score (nSPS) is 10.8. The maximum absolute atomic E-state index is 12.7. The van der Waals surface area contributed by atoms with Crippen molar-refractivity contribution in [3.05, 3.63) is 86.8 Å². The number of esters is 1. The first kappa shape index (κ1) is 24.1. The molecule has 4 aromatic rings. The molecule has 1 N–H and O–H groups in total. The van der Waals surface area contributed by atoms with Gasteiger partial charge in [-0.2, -0.15) is 9.61 Å². The fourth-order valence-corrected chi connectivity index (χ4v) is 4.33. The third-order valence-corrected chi connectivity index (χ3v) is 5.90. The fourth-order valence-electron chi connectivity index (χ4n) is 3.31. The van der Waals surface area contributed by atoms with Gasteiger partial charge in [0, 0.05) is 12.5 Å². The van der Waals surface area contributed by atoms with Crippen LogP contribution in [0.15, 0.2) is 59.4 Å². The van der Waals surface area contributed by atoms with Crippen LogP contribution in [0.1, 0.15) is 40.0 Å². The summed E-state index contributed by atoms with van der Waals surface area (Å²) < 4.78 is 12.2. The SMILES string of the molecule is CCCc1nn2c(=O)cc(COC(=O)c3ccccc3NC(=O)COc3cccc(C)c3)nc2s1. The maximum Gasteiger partial charge on any atom is 0.340 e. The van der Waals surface area contributed by atoms with Crippen LogP contribution in [0.5, 0.6) is 5.75 Å². The lowest BCUT2D eigenvalue weighted by Gasteiger charge is -2.11. The van der Waals surface area contributed by atoms with Gasteiger partial charge in [0.1, 0.15) is 17.4 Å². The van der Waals surface area contributed by atoms with E-state index < -0.39 is 11.9 Å². The molecule has 35 heavy (non-hydrogen) atoms. The summed E-state index contributed by atoms with van der Waals surface area (Å²) >= 11 is 1.33. The number of aromatic nitrogens is 3. The largest absolute Gasteiger partial charge is 0.484 e. The molecule has 0 atom stereocenters. The molecule has 0 saturated heterocycles. The Balaban J connectivity index is 1.40. The summed E-state index contributed by atoms with van der Waals surface area (Å²) in [7, 11) is 0. The molecule has 2 aromatic carbocycles. The first-order valence-electron chi connectivity index (χ1n) is 11.1. The lowest BCUT2D eigenvalue weighted by molar-refractivity contribution is -0.118. The Hall–Kier alpha value is -4.05. The topological polar surface area (TPSA) is 112 Å². The van der Waals surface area contributed by atoms with Gasteiger partial charge in [0.25, 0.3) is 11.5 Å². The fraction of sp³-hybridized carbons (Fsp3) is 0.240. The molecule has 0 saturated carbocycles. The number of aryl methyl sites for hydroxylation is 2. The number of nitrogens with zero attached hydrogens (tertiary/aromatic N) is 3. The van der Waals surface area contributed by atoms with E-state index in [2.05, 4.69) is 15.4 Å². The molecular formula is C25H24N4O5S. The number of ether oxygens (including phenoxy) is 2. The zero-order chi connectivity index (χ0) is 24.8. The smallest absolute Gasteiger partial charge is 0.340 e. The molecule has 0 aliphatic heterocycles. The predicted octanol–water partition coefficient (Wildman–Crippen LogP) is 3.79. The lowest BCUT2D eigenvalue weighted by atomic mass is 10.2. The van der Waals surface area contributed by atoms with Crippen molar-refractivity contribution in [2.75, 3.05) is 11.9 Å². The minimum atomic E-state index is -0.654. The van der Waals surface area contributed by atoms with E-state index in [-0.39, 0.29) is 24.3 Å². The Morgan fingerprint density at radius 2 is 1.94 bits per heavy atom. The highest BCUT2D eigenvalue weighted by molar-refractivity contribution is 7.16. The third-order valence-electron chi connectivity index (χ3n) is 4.94. The van der Waals surface area contributed by atoms with Crippen molar-refractivity contribution in [1.29, 1.82) is 0 Å². The van der Waals surface area contributed by atoms with Crippen molar-refractivity contribution in [1.82, 2.24) is 14.6 Å². The van der Waals surface area contributed by atoms with Gasteiger partial charge < -0.3 is 14.8 Å². The Morgan fingerprint density at radius 3 is 2.74 bits per heavy atom. The summed E-state index contributed by atoms with van der Waals surface area (Å²) in [5.74, 6) is -0.491. The van der Waals surface area contributed by atoms with Gasteiger partial charge in [0.05, 0.1) is 16.9 Å². The summed E-state index contributed by atoms with van der Waals surface area (Å²) in [6, 6.07) is 15.2. The first-order chi connectivity index (χ1) is 16.9. The van der Waals surface area contributed by atoms with Crippen LogP contribution in [-0.2, 0) is 22.6 Å². The van der Waals surface area contributed by atoms with E-state index in [0.29, 0.717) is 22.1 Å². The number of para-hydroxylation sites is 1. The van der Waals surface area contributed by atoms with Gasteiger partial charge >= 0.3 is 5.97 Å². The summed E-state index contributed by atoms with van der Waals surface area (Å²) in [6.45, 7) is 3.56. The standard InChI is InChI=1S/C25H24N4O5S/c1-3-7-22-28-29-23(31)13-17(26-25(29)35-22)14-34-24(32)19-10-4-5-11-20(19)27-21(30)15-33-18-9-6-8-16(2)12-18/h4-6,8-13H,3,7,14-15H2,1-2H3,(H,27,30). The molecule has 10 heteroatoms. The molecular weight excluding hydrogens is 468 g/mol. The molecule has 0 radical (unpaired) electrons. The quantitative estimate of drug-likeness (QED) is 0.354. The van der Waals surface area contributed by atoms with Gasteiger partial charge in [-0.3, -0.25) is 9.59 Å². The highest BCUT2D eigenvalue weighted by Gasteiger charge is 2.16. The zero-order valence-corrected chi connectivity index (χ0v) is 20.1. The van der Waals surface area contributed by atoms with E-state index in [1.165, 1.54) is 21.9 Å². The Kier molecular flexibility index (Phi) is 7.51. The van der Waals surface area contributed by atoms with Gasteiger partial charge in [-0.15, -0.1) is 0 Å². The number of rotatable bonds is 9. The number of carbonyl (C=O) groups excluding carboxylic acids is 2. The van der Waals surface area contributed by atoms with Crippen molar-refractivity contribution < 1.29 is 19.1 Å². The number of amides is 1. The van der Waals surface area contributed by atoms with Crippen LogP contribution in [0.3, 0.4) is 0 Å². The second-order valence-electron chi connectivity index (χ2n) is 7.80. The molecule has 180 valence electrons. The molecule has 0 unspecified atom stereocenters. The highest BCUT2D eigenvalue weighted by Crippen LogP contribution is 2.18. The summed E-state index contributed by atoms with van der Waals surface area (Å²) in [4.78, 5) is 42.3. The van der Waals surface area contributed by atoms with E-state index in [1.807, 2.05) is 32.0 Å². The lowest BCUT2D eigenvalue weighted by Crippen LogP contribution is -2.22. The van der Waals surface area contributed by atoms with Gasteiger partial charge in [-0.05, 0) is 43.2 Å². The highest BCUT2D eigenvalue weighted by atomic mass is 32.1. The second kappa shape index (κ2) is 10.9. The number of benzene rings is 2. The molecule has 2 aromatic heterocycles. The predicted molar refractivity (Wildman–Crippen MR) is 132 cm³/mol. The van der Waals surface area contributed by atoms with Crippen molar-refractivity contribution in [3.63, 3.8) is 0 Å². The Bertz CT molecular complexity index is 1430. The van der Waals surface area contributed by atoms with E-state index >= 15 is 0 Å². The van der Waals surface area contributed by atoms with Gasteiger partial charge in [-0.25, -0.2) is 9.78 Å². The van der Waals surface area contributed by atoms with Crippen LogP contribution in [0, 0.1) is 6.92 Å². The van der Waals surface area contributed by atoms with Crippen molar-refractivity contribution in [2.45, 2.75) is 33.3 Å². The molecule has 0 bridgehead atoms. The number of carbonyl (C=O) groups is 2. The van der Waals surface area contributed by atoms with Crippen molar-refractivity contribution in [2.24, 2.45) is 0 Å². The number of nitrogens with one attached hydrogen (secondary N) is 1. The minimum absolute atomic E-state index is 0.178. The average Bonchev–Trinajstić information content (AvgIpc) is 3.25. The van der Waals surface area contributed by atoms with Crippen LogP contribution in [0.25, 0.3) is 4.96 Å². The van der Waals surface area contributed by atoms with Crippen LogP contribution in [0.4, 0.5) is 5.69 Å². The summed E-state index contributed by atoms with van der Waals surface area (Å²) in [5.41, 5.74) is 1.48. The van der Waals surface area contributed by atoms with E-state index in [9.17, 15) is 14.4 Å². The van der Waals surface area contributed by atoms with E-state index in [0.717, 1.165) is 23.4 Å². The van der Waals surface area contributed by atoms with Crippen LogP contribution in [-0.4, -0.2) is 33.1 Å². The molecule has 9 nitrogen and oxygen atoms in total. The van der Waals surface area contributed by atoms with Crippen molar-refractivity contribution in [3.8, 4) is 5.75 Å². The van der Waals surface area contributed by atoms with Gasteiger partial charge in [-0.1, -0.05) is 42.5 Å². The average molecular weight is 493 g/mol. The van der Waals surface area contributed by atoms with Gasteiger partial charge in [0.2, 0.25) is 4.96 Å². The third kappa shape index (κ3) is 6.10. The molecule has 2 heterocycles. The molecule has 0 aliphatic rings. The first-order valence-corrected chi connectivity index (χ1v) is 11.9. The van der Waals surface area contributed by atoms with Crippen LogP contribution < -0.4 is 15.6 Å². The second-order valence-corrected chi connectivity index (χ2v) is 8.84. The molecule has 0 spiro atoms. The zero-order valence-electron chi connectivity index (χ0n) is 19.3. The molecule has 0 fully saturated rings. The molecule has 4 rings (SSSR count). The number of fused-ring (bicyclic) bond motifs is 1. The summed E-state index contributed by atoms with van der Waals surface area (Å²) in [5, 5.41) is 7.77. The maximum atomic E-state index is 12.7. The summed E-state index contributed by atoms with van der Waals surface area (Å²) in [6.07, 6.45) is 1.67. The van der Waals surface area contributed by atoms with Crippen LogP contribution >= 0.6 is 11.3 Å². The number of anilines is 1. The number of hydrogen-bond acceptors (Lipinski definition) is 8. The minimum Gasteiger partial charge on any atom is -0.484 e. The van der Waals surface area contributed by atoms with Crippen molar-refractivity contribution >= 4 is 33.9 Å². The molecule has 0 aliphatic carbocycles. The van der Waals surface area contributed by atoms with Crippen LogP contribution in [0.2, 0.25) is 0 Å². The number of hydrogen-bond donors (Lipinski definition) is 1. The van der Waals surface area contributed by atoms with E-state index in [1.54, 1.807) is 30.3 Å². The van der Waals surface area contributed by atoms with E-state index in [4.69, 9.17) is 9.47 Å². The molecule has 1 amide bonds. The van der Waals surface area contributed by atoms with Gasteiger partial charge in [0.15, 0.2) is 6.61 Å².